The molecule has 0 radical (unpaired) electrons. The summed E-state index contributed by atoms with van der Waals surface area (Å²) in [5.41, 5.74) is 1.37. The summed E-state index contributed by atoms with van der Waals surface area (Å²) in [5.74, 6) is -0.609. The minimum Gasteiger partial charge on any atom is -0.481 e. The Balaban J connectivity index is 1.28. The zero-order valence-electron chi connectivity index (χ0n) is 19.2. The topological polar surface area (TPSA) is 123 Å². The van der Waals surface area contributed by atoms with Crippen LogP contribution in [0.5, 0.6) is 11.6 Å². The molecule has 0 bridgehead atoms. The van der Waals surface area contributed by atoms with E-state index < -0.39 is 17.7 Å². The van der Waals surface area contributed by atoms with E-state index >= 15 is 0 Å². The Morgan fingerprint density at radius 2 is 1.76 bits per heavy atom. The SMILES string of the molecule is O=C(O)C1(COc2cnc(-c3ccc(-c4ncc(-c5ccccc5OC(F)(F)F)[nH]4)nc3)cn2)CCC1. The van der Waals surface area contributed by atoms with Crippen LogP contribution in [0.4, 0.5) is 13.2 Å². The lowest BCUT2D eigenvalue weighted by atomic mass is 9.69. The first kappa shape index (κ1) is 24.2. The summed E-state index contributed by atoms with van der Waals surface area (Å²) in [7, 11) is 0. The van der Waals surface area contributed by atoms with E-state index in [1.165, 1.54) is 36.8 Å². The number of carboxylic acids is 1. The van der Waals surface area contributed by atoms with Crippen LogP contribution < -0.4 is 9.47 Å². The maximum atomic E-state index is 12.7. The number of nitrogens with zero attached hydrogens (tertiary/aromatic N) is 4. The van der Waals surface area contributed by atoms with Gasteiger partial charge < -0.3 is 19.6 Å². The summed E-state index contributed by atoms with van der Waals surface area (Å²) in [6, 6.07) is 9.21. The van der Waals surface area contributed by atoms with Crippen molar-refractivity contribution in [2.24, 2.45) is 5.41 Å². The average molecular weight is 511 g/mol. The predicted molar refractivity (Wildman–Crippen MR) is 124 cm³/mol. The van der Waals surface area contributed by atoms with E-state index in [0.29, 0.717) is 41.3 Å². The number of carbonyl (C=O) groups is 1. The van der Waals surface area contributed by atoms with Crippen molar-refractivity contribution in [1.29, 1.82) is 0 Å². The Labute approximate surface area is 208 Å². The van der Waals surface area contributed by atoms with Gasteiger partial charge in [0.05, 0.1) is 30.0 Å². The summed E-state index contributed by atoms with van der Waals surface area (Å²) >= 11 is 0. The summed E-state index contributed by atoms with van der Waals surface area (Å²) in [6.07, 6.45) is 3.11. The molecule has 0 spiro atoms. The van der Waals surface area contributed by atoms with Gasteiger partial charge in [0, 0.05) is 17.3 Å². The molecular weight excluding hydrogens is 491 g/mol. The fourth-order valence-electron chi connectivity index (χ4n) is 3.95. The number of aromatic nitrogens is 5. The van der Waals surface area contributed by atoms with E-state index in [-0.39, 0.29) is 23.8 Å². The van der Waals surface area contributed by atoms with Gasteiger partial charge in [-0.1, -0.05) is 18.6 Å². The third-order valence-corrected chi connectivity index (χ3v) is 6.17. The lowest BCUT2D eigenvalue weighted by molar-refractivity contribution is -0.274. The fraction of sp³-hybridized carbons (Fsp3) is 0.240. The van der Waals surface area contributed by atoms with Crippen LogP contribution >= 0.6 is 0 Å². The maximum Gasteiger partial charge on any atom is 0.573 e. The van der Waals surface area contributed by atoms with Crippen molar-refractivity contribution in [3.63, 3.8) is 0 Å². The van der Waals surface area contributed by atoms with Gasteiger partial charge in [-0.25, -0.2) is 15.0 Å². The number of para-hydroxylation sites is 1. The van der Waals surface area contributed by atoms with Crippen LogP contribution in [0.2, 0.25) is 0 Å². The third kappa shape index (κ3) is 5.22. The molecule has 0 unspecified atom stereocenters. The summed E-state index contributed by atoms with van der Waals surface area (Å²) < 4.78 is 47.9. The number of H-pyrrole nitrogens is 1. The van der Waals surface area contributed by atoms with Gasteiger partial charge in [0.1, 0.15) is 23.5 Å². The van der Waals surface area contributed by atoms with Crippen LogP contribution in [0, 0.1) is 5.41 Å². The number of nitrogens with one attached hydrogen (secondary N) is 1. The number of aliphatic carboxylic acids is 1. The normalized spacial score (nSPS) is 14.6. The van der Waals surface area contributed by atoms with Gasteiger partial charge in [0.2, 0.25) is 5.88 Å². The number of aromatic amines is 1. The molecule has 2 N–H and O–H groups in total. The lowest BCUT2D eigenvalue weighted by Gasteiger charge is -2.36. The summed E-state index contributed by atoms with van der Waals surface area (Å²) in [5, 5.41) is 9.40. The minimum atomic E-state index is -4.82. The van der Waals surface area contributed by atoms with Crippen molar-refractivity contribution >= 4 is 5.97 Å². The molecule has 0 amide bonds. The second-order valence-corrected chi connectivity index (χ2v) is 8.59. The number of ether oxygens (including phenoxy) is 2. The molecule has 1 aliphatic carbocycles. The molecule has 1 aromatic carbocycles. The smallest absolute Gasteiger partial charge is 0.481 e. The molecule has 3 heterocycles. The second-order valence-electron chi connectivity index (χ2n) is 8.59. The third-order valence-electron chi connectivity index (χ3n) is 6.17. The number of halogens is 3. The zero-order valence-corrected chi connectivity index (χ0v) is 19.2. The summed E-state index contributed by atoms with van der Waals surface area (Å²) in [4.78, 5) is 31.6. The van der Waals surface area contributed by atoms with Crippen molar-refractivity contribution in [2.45, 2.75) is 25.6 Å². The van der Waals surface area contributed by atoms with E-state index in [1.54, 1.807) is 24.4 Å². The molecule has 190 valence electrons. The second kappa shape index (κ2) is 9.52. The number of carboxylic acid groups (broad SMARTS) is 1. The number of pyridine rings is 1. The Hall–Kier alpha value is -4.48. The highest BCUT2D eigenvalue weighted by Gasteiger charge is 2.45. The summed E-state index contributed by atoms with van der Waals surface area (Å²) in [6.45, 7) is 0.0462. The monoisotopic (exact) mass is 511 g/mol. The van der Waals surface area contributed by atoms with Gasteiger partial charge in [-0.15, -0.1) is 13.2 Å². The predicted octanol–water partition coefficient (Wildman–Crippen LogP) is 5.13. The van der Waals surface area contributed by atoms with Crippen LogP contribution in [0.1, 0.15) is 19.3 Å². The van der Waals surface area contributed by atoms with Gasteiger partial charge >= 0.3 is 12.3 Å². The Morgan fingerprint density at radius 3 is 2.38 bits per heavy atom. The number of rotatable bonds is 8. The Morgan fingerprint density at radius 1 is 0.973 bits per heavy atom. The first-order chi connectivity index (χ1) is 17.7. The Bertz CT molecular complexity index is 1400. The molecule has 12 heteroatoms. The highest BCUT2D eigenvalue weighted by Crippen LogP contribution is 2.41. The van der Waals surface area contributed by atoms with Gasteiger partial charge in [-0.05, 0) is 37.1 Å². The van der Waals surface area contributed by atoms with Crippen LogP contribution in [-0.4, -0.2) is 49.0 Å². The van der Waals surface area contributed by atoms with E-state index in [4.69, 9.17) is 4.74 Å². The van der Waals surface area contributed by atoms with Crippen LogP contribution in [0.3, 0.4) is 0 Å². The average Bonchev–Trinajstić information content (AvgIpc) is 3.33. The zero-order chi connectivity index (χ0) is 26.0. The molecular formula is C25H20F3N5O4. The van der Waals surface area contributed by atoms with E-state index in [2.05, 4.69) is 29.7 Å². The van der Waals surface area contributed by atoms with Gasteiger partial charge in [-0.3, -0.25) is 9.78 Å². The number of hydrogen-bond donors (Lipinski definition) is 2. The minimum absolute atomic E-state index is 0.0462. The molecule has 0 atom stereocenters. The van der Waals surface area contributed by atoms with Crippen molar-refractivity contribution in [3.8, 4) is 45.7 Å². The highest BCUT2D eigenvalue weighted by molar-refractivity contribution is 5.76. The van der Waals surface area contributed by atoms with Crippen molar-refractivity contribution in [2.75, 3.05) is 6.61 Å². The molecule has 1 saturated carbocycles. The standard InChI is InChI=1S/C25H20F3N5O4/c26-25(27,28)37-20-5-2-1-4-16(20)19-12-32-22(33-19)17-7-6-15(10-29-17)18-11-31-21(13-30-18)36-14-24(23(34)35)8-3-9-24/h1-2,4-7,10-13H,3,8-9,14H2,(H,32,33)(H,34,35). The molecule has 37 heavy (non-hydrogen) atoms. The van der Waals surface area contributed by atoms with Crippen LogP contribution in [-0.2, 0) is 4.79 Å². The van der Waals surface area contributed by atoms with Crippen LogP contribution in [0.25, 0.3) is 34.0 Å². The lowest BCUT2D eigenvalue weighted by Crippen LogP contribution is -2.43. The van der Waals surface area contributed by atoms with Gasteiger partial charge in [0.15, 0.2) is 5.82 Å². The first-order valence-electron chi connectivity index (χ1n) is 11.3. The van der Waals surface area contributed by atoms with E-state index in [1.807, 2.05) is 0 Å². The number of alkyl halides is 3. The first-order valence-corrected chi connectivity index (χ1v) is 11.3. The van der Waals surface area contributed by atoms with Crippen molar-refractivity contribution < 1.29 is 32.5 Å². The van der Waals surface area contributed by atoms with E-state index in [0.717, 1.165) is 6.42 Å². The molecule has 0 aliphatic heterocycles. The van der Waals surface area contributed by atoms with E-state index in [9.17, 15) is 23.1 Å². The molecule has 5 rings (SSSR count). The van der Waals surface area contributed by atoms with Crippen molar-refractivity contribution in [3.05, 3.63) is 61.2 Å². The molecule has 3 aromatic heterocycles. The maximum absolute atomic E-state index is 12.7. The molecule has 9 nitrogen and oxygen atoms in total. The largest absolute Gasteiger partial charge is 0.573 e. The van der Waals surface area contributed by atoms with Crippen LogP contribution in [0.15, 0.2) is 61.2 Å². The molecule has 4 aromatic rings. The van der Waals surface area contributed by atoms with Gasteiger partial charge in [0.25, 0.3) is 0 Å². The molecule has 1 fully saturated rings. The fourth-order valence-corrected chi connectivity index (χ4v) is 3.95. The number of hydrogen-bond acceptors (Lipinski definition) is 7. The van der Waals surface area contributed by atoms with Gasteiger partial charge in [-0.2, -0.15) is 0 Å². The molecule has 0 saturated heterocycles. The number of imidazole rings is 1. The quantitative estimate of drug-likeness (QED) is 0.334. The molecule has 1 aliphatic rings. The van der Waals surface area contributed by atoms with Crippen molar-refractivity contribution in [1.82, 2.24) is 24.9 Å². The Kier molecular flexibility index (Phi) is 6.24. The highest BCUT2D eigenvalue weighted by atomic mass is 19.4. The number of benzene rings is 1.